The van der Waals surface area contributed by atoms with Crippen molar-refractivity contribution in [2.45, 2.75) is 6.92 Å². The first-order chi connectivity index (χ1) is 12.2. The van der Waals surface area contributed by atoms with E-state index >= 15 is 0 Å². The molecule has 0 saturated heterocycles. The molecule has 1 aliphatic rings. The lowest BCUT2D eigenvalue weighted by Gasteiger charge is -2.00. The van der Waals surface area contributed by atoms with Gasteiger partial charge in [-0.25, -0.2) is 4.99 Å². The Hall–Kier alpha value is -3.21. The van der Waals surface area contributed by atoms with Gasteiger partial charge in [-0.1, -0.05) is 0 Å². The van der Waals surface area contributed by atoms with Gasteiger partial charge in [-0.2, -0.15) is 0 Å². The van der Waals surface area contributed by atoms with Crippen LogP contribution in [0.1, 0.15) is 12.6 Å². The second-order valence-electron chi connectivity index (χ2n) is 5.90. The first-order valence-electron chi connectivity index (χ1n) is 8.06. The highest BCUT2D eigenvalue weighted by molar-refractivity contribution is 5.76. The summed E-state index contributed by atoms with van der Waals surface area (Å²) < 4.78 is 10.8. The molecular formula is C20H19N3O2. The number of benzene rings is 1. The number of rotatable bonds is 4. The normalized spacial score (nSPS) is 14.5. The molecule has 2 N–H and O–H groups in total. The van der Waals surface area contributed by atoms with Gasteiger partial charge in [0.05, 0.1) is 42.4 Å². The van der Waals surface area contributed by atoms with Crippen molar-refractivity contribution < 1.29 is 9.47 Å². The van der Waals surface area contributed by atoms with Crippen LogP contribution in [0.3, 0.4) is 0 Å². The molecule has 3 heterocycles. The van der Waals surface area contributed by atoms with Gasteiger partial charge in [-0.3, -0.25) is 0 Å². The number of aromatic amines is 2. The van der Waals surface area contributed by atoms with Gasteiger partial charge in [-0.15, -0.1) is 0 Å². The fourth-order valence-electron chi connectivity index (χ4n) is 3.04. The molecule has 126 valence electrons. The van der Waals surface area contributed by atoms with Crippen LogP contribution in [0.15, 0.2) is 53.3 Å². The van der Waals surface area contributed by atoms with Crippen LogP contribution in [0, 0.1) is 0 Å². The third-order valence-electron chi connectivity index (χ3n) is 4.43. The van der Waals surface area contributed by atoms with Crippen LogP contribution in [0.4, 0.5) is 0 Å². The molecule has 0 aliphatic carbocycles. The van der Waals surface area contributed by atoms with Crippen molar-refractivity contribution in [2.75, 3.05) is 14.2 Å². The molecule has 25 heavy (non-hydrogen) atoms. The minimum atomic E-state index is 0.786. The Morgan fingerprint density at radius 3 is 2.64 bits per heavy atom. The Morgan fingerprint density at radius 1 is 1.04 bits per heavy atom. The molecule has 0 saturated carbocycles. The number of nitrogens with one attached hydrogen (secondary N) is 2. The number of H-pyrrole nitrogens is 2. The van der Waals surface area contributed by atoms with Crippen molar-refractivity contribution in [1.82, 2.24) is 9.97 Å². The standard InChI is InChI=1S/C20H19N3O2/c1-12-14-9-13(24-2)6-7-15(14)22-17(12)10-19-20(25-3)11-18(23-19)16-5-4-8-21-16/h4-11,21,23H,1-3H3/b17-10+. The predicted molar refractivity (Wildman–Crippen MR) is 98.0 cm³/mol. The van der Waals surface area contributed by atoms with Gasteiger partial charge < -0.3 is 19.4 Å². The summed E-state index contributed by atoms with van der Waals surface area (Å²) in [5, 5.41) is 2.06. The molecule has 3 aromatic rings. The van der Waals surface area contributed by atoms with E-state index in [1.54, 1.807) is 14.2 Å². The molecule has 0 radical (unpaired) electrons. The molecule has 0 amide bonds. The van der Waals surface area contributed by atoms with Crippen molar-refractivity contribution in [1.29, 1.82) is 0 Å². The summed E-state index contributed by atoms with van der Waals surface area (Å²) in [7, 11) is 3.34. The fraction of sp³-hybridized carbons (Fsp3) is 0.150. The molecular weight excluding hydrogens is 314 g/mol. The smallest absolute Gasteiger partial charge is 0.144 e. The SMILES string of the molecule is COc1ccc2c(c1)=C(C)/C(=C\c1[nH]c(-c3ccc[nH]3)cc1OC)N=2. The molecule has 0 bridgehead atoms. The zero-order valence-electron chi connectivity index (χ0n) is 14.4. The van der Waals surface area contributed by atoms with E-state index in [-0.39, 0.29) is 0 Å². The van der Waals surface area contributed by atoms with Crippen molar-refractivity contribution in [2.24, 2.45) is 4.99 Å². The second-order valence-corrected chi connectivity index (χ2v) is 5.90. The molecule has 0 fully saturated rings. The summed E-state index contributed by atoms with van der Waals surface area (Å²) in [6, 6.07) is 11.9. The molecule has 0 spiro atoms. The van der Waals surface area contributed by atoms with Gasteiger partial charge in [0.15, 0.2) is 0 Å². The Morgan fingerprint density at radius 2 is 1.92 bits per heavy atom. The lowest BCUT2D eigenvalue weighted by atomic mass is 10.1. The van der Waals surface area contributed by atoms with Crippen LogP contribution in [-0.2, 0) is 0 Å². The Bertz CT molecular complexity index is 1070. The average molecular weight is 333 g/mol. The highest BCUT2D eigenvalue weighted by Crippen LogP contribution is 2.29. The molecule has 1 aromatic carbocycles. The van der Waals surface area contributed by atoms with Crippen molar-refractivity contribution in [3.8, 4) is 22.9 Å². The topological polar surface area (TPSA) is 62.4 Å². The molecule has 0 atom stereocenters. The van der Waals surface area contributed by atoms with Crippen LogP contribution in [0.2, 0.25) is 0 Å². The summed E-state index contributed by atoms with van der Waals surface area (Å²) in [6.07, 6.45) is 3.92. The minimum Gasteiger partial charge on any atom is -0.497 e. The summed E-state index contributed by atoms with van der Waals surface area (Å²) in [4.78, 5) is 11.3. The molecule has 5 heteroatoms. The zero-order valence-corrected chi connectivity index (χ0v) is 14.4. The minimum absolute atomic E-state index is 0.786. The Balaban J connectivity index is 1.80. The third kappa shape index (κ3) is 2.63. The summed E-state index contributed by atoms with van der Waals surface area (Å²) in [5.74, 6) is 1.62. The average Bonchev–Trinajstić information content (AvgIpc) is 3.35. The summed E-state index contributed by atoms with van der Waals surface area (Å²) in [5.41, 5.74) is 4.92. The van der Waals surface area contributed by atoms with E-state index in [1.807, 2.05) is 48.7 Å². The number of fused-ring (bicyclic) bond motifs is 1. The van der Waals surface area contributed by atoms with E-state index in [9.17, 15) is 0 Å². The van der Waals surface area contributed by atoms with E-state index in [4.69, 9.17) is 14.5 Å². The Labute approximate surface area is 145 Å². The van der Waals surface area contributed by atoms with E-state index in [1.165, 1.54) is 0 Å². The number of aromatic nitrogens is 2. The van der Waals surface area contributed by atoms with E-state index in [0.29, 0.717) is 0 Å². The quantitative estimate of drug-likeness (QED) is 0.771. The van der Waals surface area contributed by atoms with Crippen LogP contribution in [0.5, 0.6) is 11.5 Å². The number of ether oxygens (including phenoxy) is 2. The van der Waals surface area contributed by atoms with E-state index in [0.717, 1.165) is 50.4 Å². The first-order valence-corrected chi connectivity index (χ1v) is 8.06. The maximum Gasteiger partial charge on any atom is 0.144 e. The lowest BCUT2D eigenvalue weighted by molar-refractivity contribution is 0.414. The molecule has 5 nitrogen and oxygen atoms in total. The van der Waals surface area contributed by atoms with E-state index in [2.05, 4.69) is 16.9 Å². The van der Waals surface area contributed by atoms with Crippen molar-refractivity contribution in [3.05, 3.63) is 64.6 Å². The highest BCUT2D eigenvalue weighted by Gasteiger charge is 2.13. The maximum atomic E-state index is 5.52. The van der Waals surface area contributed by atoms with E-state index < -0.39 is 0 Å². The number of allylic oxidation sites excluding steroid dienone is 1. The van der Waals surface area contributed by atoms with Gasteiger partial charge in [0.2, 0.25) is 0 Å². The number of hydrogen-bond acceptors (Lipinski definition) is 3. The Kier molecular flexibility index (Phi) is 3.69. The van der Waals surface area contributed by atoms with Gasteiger partial charge >= 0.3 is 0 Å². The fourth-order valence-corrected chi connectivity index (χ4v) is 3.04. The van der Waals surface area contributed by atoms with Crippen LogP contribution < -0.4 is 20.0 Å². The molecule has 4 rings (SSSR count). The summed E-state index contributed by atoms with van der Waals surface area (Å²) >= 11 is 0. The number of hydrogen-bond donors (Lipinski definition) is 2. The molecule has 0 unspecified atom stereocenters. The number of methoxy groups -OCH3 is 2. The van der Waals surface area contributed by atoms with Crippen LogP contribution in [-0.4, -0.2) is 24.2 Å². The lowest BCUT2D eigenvalue weighted by Crippen LogP contribution is -2.22. The van der Waals surface area contributed by atoms with Crippen molar-refractivity contribution >= 4 is 11.6 Å². The zero-order chi connectivity index (χ0) is 17.4. The van der Waals surface area contributed by atoms with Gasteiger partial charge in [0.1, 0.15) is 11.5 Å². The third-order valence-corrected chi connectivity index (χ3v) is 4.43. The number of nitrogens with zero attached hydrogens (tertiary/aromatic N) is 1. The second kappa shape index (κ2) is 6.02. The van der Waals surface area contributed by atoms with Gasteiger partial charge in [-0.05, 0) is 48.9 Å². The van der Waals surface area contributed by atoms with Crippen molar-refractivity contribution in [3.63, 3.8) is 0 Å². The first kappa shape index (κ1) is 15.3. The molecule has 2 aromatic heterocycles. The molecule has 1 aliphatic heterocycles. The van der Waals surface area contributed by atoms with Gasteiger partial charge in [0.25, 0.3) is 0 Å². The largest absolute Gasteiger partial charge is 0.497 e. The summed E-state index contributed by atoms with van der Waals surface area (Å²) in [6.45, 7) is 2.07. The van der Waals surface area contributed by atoms with Gasteiger partial charge in [0, 0.05) is 17.5 Å². The highest BCUT2D eigenvalue weighted by atomic mass is 16.5. The monoisotopic (exact) mass is 333 g/mol. The van der Waals surface area contributed by atoms with Crippen LogP contribution in [0.25, 0.3) is 23.0 Å². The maximum absolute atomic E-state index is 5.52. The van der Waals surface area contributed by atoms with Crippen LogP contribution >= 0.6 is 0 Å². The predicted octanol–water partition coefficient (Wildman–Crippen LogP) is 2.87.